The van der Waals surface area contributed by atoms with E-state index >= 15 is 0 Å². The van der Waals surface area contributed by atoms with E-state index in [0.717, 1.165) is 18.4 Å². The molecule has 0 N–H and O–H groups in total. The molecule has 0 saturated heterocycles. The Bertz CT molecular complexity index is 719. The molecule has 130 valence electrons. The predicted molar refractivity (Wildman–Crippen MR) is 81.8 cm³/mol. The molecule has 0 radical (unpaired) electrons. The van der Waals surface area contributed by atoms with Crippen molar-refractivity contribution in [3.05, 3.63) is 22.7 Å². The summed E-state index contributed by atoms with van der Waals surface area (Å²) in [6, 6.07) is 3.42. The lowest BCUT2D eigenvalue weighted by Crippen LogP contribution is -2.23. The third-order valence-corrected chi connectivity index (χ3v) is 4.31. The van der Waals surface area contributed by atoms with Gasteiger partial charge < -0.3 is 9.47 Å². The van der Waals surface area contributed by atoms with Gasteiger partial charge in [-0.15, -0.1) is 17.5 Å². The van der Waals surface area contributed by atoms with Crippen LogP contribution in [0.1, 0.15) is 20.8 Å². The fourth-order valence-electron chi connectivity index (χ4n) is 1.46. The molecule has 0 spiro atoms. The minimum absolute atomic E-state index is 0.357. The number of amides is 1. The first-order valence-electron chi connectivity index (χ1n) is 6.20. The predicted octanol–water partition coefficient (Wildman–Crippen LogP) is 4.74. The fraction of sp³-hybridized carbons (Fsp3) is 0.462. The lowest BCUT2D eigenvalue weighted by Gasteiger charge is -2.18. The summed E-state index contributed by atoms with van der Waals surface area (Å²) < 4.78 is 62.4. The highest BCUT2D eigenvalue weighted by Gasteiger charge is 2.33. The molecule has 0 fully saturated rings. The Hall–Kier alpha value is -1.29. The molecule has 5 nitrogen and oxygen atoms in total. The summed E-state index contributed by atoms with van der Waals surface area (Å²) in [4.78, 5) is 11.3. The summed E-state index contributed by atoms with van der Waals surface area (Å²) in [6.07, 6.45) is -5.07. The topological polar surface area (TPSA) is 65.0 Å². The maximum absolute atomic E-state index is 12.6. The number of nitrogens with zero attached hydrogens (tertiary/aromatic N) is 1. The highest BCUT2D eigenvalue weighted by atomic mass is 79.9. The van der Waals surface area contributed by atoms with E-state index in [1.807, 2.05) is 0 Å². The molecule has 0 aliphatic heterocycles. The molecule has 1 aromatic rings. The van der Waals surface area contributed by atoms with Gasteiger partial charge in [-0.05, 0) is 39.0 Å². The first-order chi connectivity index (χ1) is 10.2. The Balaban J connectivity index is 3.34. The first-order valence-corrected chi connectivity index (χ1v) is 8.92. The van der Waals surface area contributed by atoms with E-state index < -0.39 is 33.5 Å². The van der Waals surface area contributed by atoms with Gasteiger partial charge >= 0.3 is 12.5 Å². The number of benzene rings is 1. The lowest BCUT2D eigenvalue weighted by molar-refractivity contribution is -0.275. The summed E-state index contributed by atoms with van der Waals surface area (Å²) >= 11 is 3.06. The summed E-state index contributed by atoms with van der Waals surface area (Å²) in [5.74, 6) is -0.694. The monoisotopic (exact) mass is 417 g/mol. The van der Waals surface area contributed by atoms with Crippen LogP contribution in [0.3, 0.4) is 0 Å². The van der Waals surface area contributed by atoms with Crippen LogP contribution in [0.25, 0.3) is 0 Å². The molecule has 1 atom stereocenters. The van der Waals surface area contributed by atoms with Gasteiger partial charge in [-0.2, -0.15) is 0 Å². The van der Waals surface area contributed by atoms with E-state index in [0.29, 0.717) is 4.47 Å². The number of carbonyl (C=O) groups is 1. The zero-order valence-corrected chi connectivity index (χ0v) is 15.1. The highest BCUT2D eigenvalue weighted by molar-refractivity contribution is 9.10. The minimum Gasteiger partial charge on any atom is -0.442 e. The molecule has 0 bridgehead atoms. The number of rotatable bonds is 2. The lowest BCUT2D eigenvalue weighted by atomic mass is 10.2. The first kappa shape index (κ1) is 19.8. The van der Waals surface area contributed by atoms with Crippen molar-refractivity contribution in [2.75, 3.05) is 6.26 Å². The maximum atomic E-state index is 12.6. The van der Waals surface area contributed by atoms with E-state index in [1.54, 1.807) is 20.8 Å². The van der Waals surface area contributed by atoms with E-state index in [4.69, 9.17) is 4.74 Å². The van der Waals surface area contributed by atoms with Crippen molar-refractivity contribution in [2.24, 2.45) is 4.36 Å². The third-order valence-electron chi connectivity index (χ3n) is 2.18. The quantitative estimate of drug-likeness (QED) is 0.696. The van der Waals surface area contributed by atoms with Gasteiger partial charge in [-0.1, -0.05) is 15.9 Å². The molecule has 10 heteroatoms. The molecular formula is C13H15BrF3NO4S. The van der Waals surface area contributed by atoms with Gasteiger partial charge in [0.05, 0.1) is 14.6 Å². The molecule has 0 saturated carbocycles. The standard InChI is InChI=1S/C13H15BrF3NO4S/c1-12(2,3)22-11(19)18-23(4,20)10-7-8(14)5-6-9(10)21-13(15,16)17/h5-7H,1-4H3. The zero-order valence-electron chi connectivity index (χ0n) is 12.7. The molecule has 0 aliphatic rings. The number of carbonyl (C=O) groups excluding carboxylic acids is 1. The molecule has 0 aromatic heterocycles. The van der Waals surface area contributed by atoms with Crippen LogP contribution in [0.15, 0.2) is 31.9 Å². The van der Waals surface area contributed by atoms with Crippen molar-refractivity contribution in [3.8, 4) is 5.75 Å². The van der Waals surface area contributed by atoms with Crippen LogP contribution in [0.5, 0.6) is 5.75 Å². The molecule has 0 aliphatic carbocycles. The van der Waals surface area contributed by atoms with Gasteiger partial charge in [0.25, 0.3) is 0 Å². The van der Waals surface area contributed by atoms with Crippen LogP contribution in [0.2, 0.25) is 0 Å². The van der Waals surface area contributed by atoms with Crippen LogP contribution in [0, 0.1) is 0 Å². The zero-order chi connectivity index (χ0) is 18.1. The molecule has 1 amide bonds. The van der Waals surface area contributed by atoms with Gasteiger partial charge in [0.15, 0.2) is 0 Å². The van der Waals surface area contributed by atoms with Gasteiger partial charge in [-0.25, -0.2) is 9.00 Å². The summed E-state index contributed by atoms with van der Waals surface area (Å²) in [5, 5.41) is 0. The van der Waals surface area contributed by atoms with Crippen LogP contribution in [0.4, 0.5) is 18.0 Å². The SMILES string of the molecule is CC(C)(C)OC(=O)N=S(C)(=O)c1cc(Br)ccc1OC(F)(F)F. The van der Waals surface area contributed by atoms with Crippen molar-refractivity contribution in [3.63, 3.8) is 0 Å². The van der Waals surface area contributed by atoms with E-state index in [9.17, 15) is 22.2 Å². The van der Waals surface area contributed by atoms with Crippen molar-refractivity contribution >= 4 is 31.8 Å². The van der Waals surface area contributed by atoms with Gasteiger partial charge in [0.2, 0.25) is 0 Å². The van der Waals surface area contributed by atoms with Crippen LogP contribution in [-0.4, -0.2) is 28.5 Å². The van der Waals surface area contributed by atoms with Gasteiger partial charge in [0, 0.05) is 10.7 Å². The second-order valence-corrected chi connectivity index (χ2v) is 8.66. The number of hydrogen-bond donors (Lipinski definition) is 0. The van der Waals surface area contributed by atoms with Crippen molar-refractivity contribution in [1.29, 1.82) is 0 Å². The fourth-order valence-corrected chi connectivity index (χ4v) is 3.22. The number of hydrogen-bond acceptors (Lipinski definition) is 4. The van der Waals surface area contributed by atoms with E-state index in [-0.39, 0.29) is 4.90 Å². The third kappa shape index (κ3) is 6.78. The second kappa shape index (κ2) is 6.68. The average Bonchev–Trinajstić information content (AvgIpc) is 2.26. The number of ether oxygens (including phenoxy) is 2. The van der Waals surface area contributed by atoms with Crippen molar-refractivity contribution in [2.45, 2.75) is 37.6 Å². The Kier molecular flexibility index (Phi) is 5.74. The van der Waals surface area contributed by atoms with E-state index in [2.05, 4.69) is 25.0 Å². The van der Waals surface area contributed by atoms with Crippen LogP contribution >= 0.6 is 15.9 Å². The molecule has 0 heterocycles. The van der Waals surface area contributed by atoms with Gasteiger partial charge in [-0.3, -0.25) is 0 Å². The molecule has 1 rings (SSSR count). The number of halogens is 4. The maximum Gasteiger partial charge on any atom is 0.573 e. The molecule has 1 unspecified atom stereocenters. The smallest absolute Gasteiger partial charge is 0.442 e. The molecule has 23 heavy (non-hydrogen) atoms. The highest BCUT2D eigenvalue weighted by Crippen LogP contribution is 2.32. The Morgan fingerprint density at radius 2 is 1.83 bits per heavy atom. The molecular weight excluding hydrogens is 403 g/mol. The molecule has 1 aromatic carbocycles. The number of alkyl halides is 3. The Morgan fingerprint density at radius 1 is 1.26 bits per heavy atom. The minimum atomic E-state index is -4.97. The van der Waals surface area contributed by atoms with Crippen molar-refractivity contribution < 1.29 is 31.6 Å². The largest absolute Gasteiger partial charge is 0.573 e. The second-order valence-electron chi connectivity index (χ2n) is 5.51. The summed E-state index contributed by atoms with van der Waals surface area (Å²) in [7, 11) is -3.51. The van der Waals surface area contributed by atoms with Crippen LogP contribution in [-0.2, 0) is 14.5 Å². The Morgan fingerprint density at radius 3 is 2.30 bits per heavy atom. The average molecular weight is 418 g/mol. The van der Waals surface area contributed by atoms with Gasteiger partial charge in [0.1, 0.15) is 11.4 Å². The summed E-state index contributed by atoms with van der Waals surface area (Å²) in [5.41, 5.74) is -0.876. The normalized spacial score (nSPS) is 14.8. The summed E-state index contributed by atoms with van der Waals surface area (Å²) in [6.45, 7) is 4.74. The van der Waals surface area contributed by atoms with Crippen molar-refractivity contribution in [1.82, 2.24) is 0 Å². The Labute approximate surface area is 140 Å². The van der Waals surface area contributed by atoms with E-state index in [1.165, 1.54) is 6.07 Å². The van der Waals surface area contributed by atoms with Crippen LogP contribution < -0.4 is 4.74 Å².